The van der Waals surface area contributed by atoms with Gasteiger partial charge in [-0.3, -0.25) is 4.98 Å². The average Bonchev–Trinajstić information content (AvgIpc) is 2.42. The number of hydrogen-bond donors (Lipinski definition) is 0. The molecular weight excluding hydrogens is 212 g/mol. The average molecular weight is 228 g/mol. The van der Waals surface area contributed by atoms with Crippen LogP contribution in [-0.4, -0.2) is 21.5 Å². The van der Waals surface area contributed by atoms with Crippen LogP contribution in [0.1, 0.15) is 25.5 Å². The first kappa shape index (κ1) is 11.5. The summed E-state index contributed by atoms with van der Waals surface area (Å²) in [5.41, 5.74) is 1.17. The Bertz CT molecular complexity index is 443. The van der Waals surface area contributed by atoms with Gasteiger partial charge >= 0.3 is 0 Å². The van der Waals surface area contributed by atoms with Crippen LogP contribution < -0.4 is 4.90 Å². The van der Waals surface area contributed by atoms with E-state index in [2.05, 4.69) is 39.8 Å². The van der Waals surface area contributed by atoms with Gasteiger partial charge in [-0.25, -0.2) is 9.97 Å². The van der Waals surface area contributed by atoms with Crippen molar-refractivity contribution in [3.05, 3.63) is 48.5 Å². The van der Waals surface area contributed by atoms with Crippen molar-refractivity contribution in [3.8, 4) is 0 Å². The SMILES string of the molecule is CCN(c1ncccn1)C(C)c1cccnc1. The van der Waals surface area contributed by atoms with Gasteiger partial charge in [0.2, 0.25) is 5.95 Å². The Labute approximate surface area is 101 Å². The Kier molecular flexibility index (Phi) is 3.65. The van der Waals surface area contributed by atoms with E-state index in [1.54, 1.807) is 18.6 Å². The van der Waals surface area contributed by atoms with Gasteiger partial charge in [-0.05, 0) is 31.5 Å². The quantitative estimate of drug-likeness (QED) is 0.806. The van der Waals surface area contributed by atoms with Crippen LogP contribution >= 0.6 is 0 Å². The molecule has 2 rings (SSSR count). The minimum absolute atomic E-state index is 0.219. The molecule has 0 N–H and O–H groups in total. The first-order chi connectivity index (χ1) is 8.33. The molecule has 0 spiro atoms. The summed E-state index contributed by atoms with van der Waals surface area (Å²) in [5.74, 6) is 0.756. The van der Waals surface area contributed by atoms with Gasteiger partial charge in [0.25, 0.3) is 0 Å². The van der Waals surface area contributed by atoms with E-state index in [-0.39, 0.29) is 6.04 Å². The van der Waals surface area contributed by atoms with Crippen molar-refractivity contribution in [2.45, 2.75) is 19.9 Å². The first-order valence-electron chi connectivity index (χ1n) is 5.76. The minimum atomic E-state index is 0.219. The van der Waals surface area contributed by atoms with Crippen molar-refractivity contribution >= 4 is 5.95 Å². The molecule has 0 aliphatic heterocycles. The maximum atomic E-state index is 4.29. The summed E-state index contributed by atoms with van der Waals surface area (Å²) in [4.78, 5) is 14.9. The van der Waals surface area contributed by atoms with Gasteiger partial charge in [-0.2, -0.15) is 0 Å². The van der Waals surface area contributed by atoms with Crippen molar-refractivity contribution in [1.82, 2.24) is 15.0 Å². The molecule has 0 aliphatic rings. The molecule has 0 fully saturated rings. The fourth-order valence-corrected chi connectivity index (χ4v) is 1.83. The van der Waals surface area contributed by atoms with E-state index in [4.69, 9.17) is 0 Å². The molecule has 2 aromatic rings. The summed E-state index contributed by atoms with van der Waals surface area (Å²) >= 11 is 0. The maximum absolute atomic E-state index is 4.29. The second-order valence-electron chi connectivity index (χ2n) is 3.80. The van der Waals surface area contributed by atoms with Gasteiger partial charge in [0.1, 0.15) is 0 Å². The molecule has 0 amide bonds. The molecule has 0 saturated carbocycles. The van der Waals surface area contributed by atoms with Gasteiger partial charge in [-0.15, -0.1) is 0 Å². The second kappa shape index (κ2) is 5.39. The molecule has 0 bridgehead atoms. The van der Waals surface area contributed by atoms with Crippen LogP contribution in [0.4, 0.5) is 5.95 Å². The van der Waals surface area contributed by atoms with Crippen LogP contribution in [0.25, 0.3) is 0 Å². The Hall–Kier alpha value is -1.97. The Morgan fingerprint density at radius 3 is 2.53 bits per heavy atom. The topological polar surface area (TPSA) is 41.9 Å². The lowest BCUT2D eigenvalue weighted by molar-refractivity contribution is 0.665. The van der Waals surface area contributed by atoms with E-state index in [9.17, 15) is 0 Å². The summed E-state index contributed by atoms with van der Waals surface area (Å²) < 4.78 is 0. The third kappa shape index (κ3) is 2.58. The van der Waals surface area contributed by atoms with Crippen LogP contribution in [0.15, 0.2) is 43.0 Å². The van der Waals surface area contributed by atoms with Crippen molar-refractivity contribution in [2.75, 3.05) is 11.4 Å². The summed E-state index contributed by atoms with van der Waals surface area (Å²) in [5, 5.41) is 0. The van der Waals surface area contributed by atoms with Gasteiger partial charge in [0, 0.05) is 31.3 Å². The van der Waals surface area contributed by atoms with Gasteiger partial charge in [-0.1, -0.05) is 6.07 Å². The molecule has 0 aromatic carbocycles. The Morgan fingerprint density at radius 2 is 1.94 bits per heavy atom. The maximum Gasteiger partial charge on any atom is 0.225 e. The summed E-state index contributed by atoms with van der Waals surface area (Å²) in [6.45, 7) is 5.10. The molecule has 1 atom stereocenters. The molecule has 0 aliphatic carbocycles. The molecule has 1 unspecified atom stereocenters. The van der Waals surface area contributed by atoms with E-state index in [0.717, 1.165) is 12.5 Å². The number of anilines is 1. The fraction of sp³-hybridized carbons (Fsp3) is 0.308. The molecule has 4 heteroatoms. The molecule has 2 aromatic heterocycles. The lowest BCUT2D eigenvalue weighted by Crippen LogP contribution is -2.28. The highest BCUT2D eigenvalue weighted by Crippen LogP contribution is 2.22. The second-order valence-corrected chi connectivity index (χ2v) is 3.80. The van der Waals surface area contributed by atoms with Crippen LogP contribution in [-0.2, 0) is 0 Å². The third-order valence-corrected chi connectivity index (χ3v) is 2.78. The third-order valence-electron chi connectivity index (χ3n) is 2.78. The lowest BCUT2D eigenvalue weighted by atomic mass is 10.1. The number of pyridine rings is 1. The van der Waals surface area contributed by atoms with Crippen molar-refractivity contribution in [1.29, 1.82) is 0 Å². The predicted molar refractivity (Wildman–Crippen MR) is 67.7 cm³/mol. The number of hydrogen-bond acceptors (Lipinski definition) is 4. The van der Waals surface area contributed by atoms with E-state index >= 15 is 0 Å². The Balaban J connectivity index is 2.25. The van der Waals surface area contributed by atoms with Crippen LogP contribution in [0.5, 0.6) is 0 Å². The standard InChI is InChI=1S/C13H16N4/c1-3-17(13-15-8-5-9-16-13)11(2)12-6-4-7-14-10-12/h4-11H,3H2,1-2H3. The molecule has 88 valence electrons. The number of rotatable bonds is 4. The van der Waals surface area contributed by atoms with Crippen molar-refractivity contribution < 1.29 is 0 Å². The number of aromatic nitrogens is 3. The normalized spacial score (nSPS) is 12.1. The van der Waals surface area contributed by atoms with E-state index in [1.807, 2.05) is 18.3 Å². The van der Waals surface area contributed by atoms with E-state index in [0.29, 0.717) is 0 Å². The zero-order chi connectivity index (χ0) is 12.1. The first-order valence-corrected chi connectivity index (χ1v) is 5.76. The molecule has 4 nitrogen and oxygen atoms in total. The molecular formula is C13H16N4. The summed E-state index contributed by atoms with van der Waals surface area (Å²) in [7, 11) is 0. The lowest BCUT2D eigenvalue weighted by Gasteiger charge is -2.27. The van der Waals surface area contributed by atoms with Crippen molar-refractivity contribution in [2.24, 2.45) is 0 Å². The fourth-order valence-electron chi connectivity index (χ4n) is 1.83. The monoisotopic (exact) mass is 228 g/mol. The predicted octanol–water partition coefficient (Wildman–Crippen LogP) is 2.46. The van der Waals surface area contributed by atoms with E-state index in [1.165, 1.54) is 5.56 Å². The molecule has 0 saturated heterocycles. The van der Waals surface area contributed by atoms with Crippen LogP contribution in [0, 0.1) is 0 Å². The van der Waals surface area contributed by atoms with Crippen LogP contribution in [0.3, 0.4) is 0 Å². The highest BCUT2D eigenvalue weighted by atomic mass is 15.3. The molecule has 2 heterocycles. The van der Waals surface area contributed by atoms with Gasteiger partial charge in [0.15, 0.2) is 0 Å². The zero-order valence-electron chi connectivity index (χ0n) is 10.1. The minimum Gasteiger partial charge on any atom is -0.334 e. The summed E-state index contributed by atoms with van der Waals surface area (Å²) in [6, 6.07) is 6.07. The highest BCUT2D eigenvalue weighted by Gasteiger charge is 2.16. The number of nitrogens with zero attached hydrogens (tertiary/aromatic N) is 4. The zero-order valence-corrected chi connectivity index (χ0v) is 10.1. The van der Waals surface area contributed by atoms with Crippen molar-refractivity contribution in [3.63, 3.8) is 0 Å². The smallest absolute Gasteiger partial charge is 0.225 e. The largest absolute Gasteiger partial charge is 0.334 e. The summed E-state index contributed by atoms with van der Waals surface area (Å²) in [6.07, 6.45) is 7.20. The highest BCUT2D eigenvalue weighted by molar-refractivity contribution is 5.34. The van der Waals surface area contributed by atoms with Crippen LogP contribution in [0.2, 0.25) is 0 Å². The van der Waals surface area contributed by atoms with Gasteiger partial charge < -0.3 is 4.90 Å². The molecule has 0 radical (unpaired) electrons. The molecule has 17 heavy (non-hydrogen) atoms. The van der Waals surface area contributed by atoms with Gasteiger partial charge in [0.05, 0.1) is 6.04 Å². The Morgan fingerprint density at radius 1 is 1.18 bits per heavy atom. The van der Waals surface area contributed by atoms with E-state index < -0.39 is 0 Å².